The van der Waals surface area contributed by atoms with E-state index in [4.69, 9.17) is 10.7 Å². The van der Waals surface area contributed by atoms with Crippen LogP contribution in [0.1, 0.15) is 31.3 Å². The molecule has 0 spiro atoms. The van der Waals surface area contributed by atoms with Crippen LogP contribution in [0.3, 0.4) is 0 Å². The maximum absolute atomic E-state index is 13.7. The highest BCUT2D eigenvalue weighted by atomic mass is 16.2. The van der Waals surface area contributed by atoms with Crippen LogP contribution in [0.2, 0.25) is 0 Å². The van der Waals surface area contributed by atoms with E-state index in [-0.39, 0.29) is 19.1 Å². The van der Waals surface area contributed by atoms with Crippen LogP contribution in [-0.2, 0) is 20.1 Å². The van der Waals surface area contributed by atoms with Gasteiger partial charge in [0.15, 0.2) is 11.2 Å². The summed E-state index contributed by atoms with van der Waals surface area (Å²) in [5.41, 5.74) is 7.95. The summed E-state index contributed by atoms with van der Waals surface area (Å²) in [7, 11) is 1.62. The van der Waals surface area contributed by atoms with Gasteiger partial charge in [-0.25, -0.2) is 14.8 Å². The molecule has 5 heterocycles. The van der Waals surface area contributed by atoms with Crippen LogP contribution in [0, 0.1) is 18.8 Å². The fourth-order valence-electron chi connectivity index (χ4n) is 4.63. The molecule has 1 saturated heterocycles. The number of aromatic nitrogens is 7. The average molecular weight is 474 g/mol. The van der Waals surface area contributed by atoms with Gasteiger partial charge in [-0.15, -0.1) is 5.92 Å². The van der Waals surface area contributed by atoms with Crippen molar-refractivity contribution in [3.63, 3.8) is 0 Å². The lowest BCUT2D eigenvalue weighted by Crippen LogP contribution is -2.44. The molecule has 4 aromatic rings. The molecule has 1 aliphatic heterocycles. The minimum atomic E-state index is -0.483. The Morgan fingerprint density at radius 3 is 2.80 bits per heavy atom. The lowest BCUT2D eigenvalue weighted by atomic mass is 10.1. The summed E-state index contributed by atoms with van der Waals surface area (Å²) in [5.74, 6) is 6.89. The van der Waals surface area contributed by atoms with Crippen molar-refractivity contribution in [2.75, 3.05) is 18.0 Å². The summed E-state index contributed by atoms with van der Waals surface area (Å²) >= 11 is 0. The predicted molar refractivity (Wildman–Crippen MR) is 133 cm³/mol. The van der Waals surface area contributed by atoms with Crippen LogP contribution in [0.25, 0.3) is 22.2 Å². The molecule has 1 aliphatic rings. The number of rotatable bonds is 4. The number of pyridine rings is 1. The molecule has 1 atom stereocenters. The molecule has 0 amide bonds. The topological polar surface area (TPSA) is 130 Å². The van der Waals surface area contributed by atoms with Crippen molar-refractivity contribution in [2.24, 2.45) is 12.8 Å². The quantitative estimate of drug-likeness (QED) is 0.425. The fraction of sp³-hybridized carbons (Fsp3) is 0.417. The van der Waals surface area contributed by atoms with Gasteiger partial charge in [0.2, 0.25) is 5.95 Å². The summed E-state index contributed by atoms with van der Waals surface area (Å²) in [4.78, 5) is 47.1. The molecule has 0 saturated carbocycles. The lowest BCUT2D eigenvalue weighted by Gasteiger charge is -2.31. The monoisotopic (exact) mass is 473 g/mol. The molecule has 0 aliphatic carbocycles. The van der Waals surface area contributed by atoms with Crippen LogP contribution in [0.15, 0.2) is 27.9 Å². The van der Waals surface area contributed by atoms with Crippen LogP contribution >= 0.6 is 0 Å². The van der Waals surface area contributed by atoms with Crippen LogP contribution in [0.5, 0.6) is 0 Å². The van der Waals surface area contributed by atoms with Crippen molar-refractivity contribution < 1.29 is 0 Å². The Morgan fingerprint density at radius 2 is 2.03 bits per heavy atom. The van der Waals surface area contributed by atoms with E-state index in [1.807, 2.05) is 13.0 Å². The van der Waals surface area contributed by atoms with Crippen molar-refractivity contribution in [3.8, 4) is 11.8 Å². The van der Waals surface area contributed by atoms with Crippen LogP contribution in [-0.4, -0.2) is 52.8 Å². The van der Waals surface area contributed by atoms with Crippen molar-refractivity contribution in [1.29, 1.82) is 0 Å². The molecule has 0 unspecified atom stereocenters. The van der Waals surface area contributed by atoms with Gasteiger partial charge in [0.1, 0.15) is 11.3 Å². The van der Waals surface area contributed by atoms with Gasteiger partial charge >= 0.3 is 5.69 Å². The van der Waals surface area contributed by atoms with Gasteiger partial charge in [-0.3, -0.25) is 23.5 Å². The van der Waals surface area contributed by atoms with Gasteiger partial charge in [-0.2, -0.15) is 4.98 Å². The van der Waals surface area contributed by atoms with E-state index < -0.39 is 11.2 Å². The zero-order valence-electron chi connectivity index (χ0n) is 20.0. The van der Waals surface area contributed by atoms with Gasteiger partial charge in [0.25, 0.3) is 5.56 Å². The Hall–Kier alpha value is -4.04. The van der Waals surface area contributed by atoms with Crippen molar-refractivity contribution in [2.45, 2.75) is 45.8 Å². The maximum Gasteiger partial charge on any atom is 0.332 e. The van der Waals surface area contributed by atoms with Crippen molar-refractivity contribution >= 4 is 28.1 Å². The van der Waals surface area contributed by atoms with Crippen LogP contribution in [0.4, 0.5) is 5.95 Å². The van der Waals surface area contributed by atoms with E-state index >= 15 is 0 Å². The number of nitrogens with zero attached hydrogens (tertiary/aromatic N) is 8. The van der Waals surface area contributed by atoms with E-state index in [0.29, 0.717) is 46.2 Å². The first-order valence-electron chi connectivity index (χ1n) is 11.6. The van der Waals surface area contributed by atoms with Gasteiger partial charge < -0.3 is 10.6 Å². The fourth-order valence-corrected chi connectivity index (χ4v) is 4.63. The van der Waals surface area contributed by atoms with E-state index in [0.717, 1.165) is 24.0 Å². The highest BCUT2D eigenvalue weighted by Crippen LogP contribution is 2.23. The zero-order valence-corrected chi connectivity index (χ0v) is 20.0. The molecule has 0 radical (unpaired) electrons. The second kappa shape index (κ2) is 8.96. The Kier molecular flexibility index (Phi) is 5.82. The zero-order chi connectivity index (χ0) is 24.7. The molecule has 4 aromatic heterocycles. The standard InChI is InChI=1S/C24H27N9O2/c1-4-5-12-32-20-21(29-23(32)31-11-7-8-16(25)13-31)30(3)24(35)33(22(20)34)14-18-27-15(2)19-17(28-18)9-6-10-26-19/h6,9-10,16H,7-8,11-14,25H2,1-3H3/t16-/m1/s1. The molecule has 11 nitrogen and oxygen atoms in total. The smallest absolute Gasteiger partial charge is 0.332 e. The first-order valence-corrected chi connectivity index (χ1v) is 11.6. The number of piperidine rings is 1. The summed E-state index contributed by atoms with van der Waals surface area (Å²) in [6, 6.07) is 3.65. The Labute approximate surface area is 201 Å². The molecule has 11 heteroatoms. The number of nitrogens with two attached hydrogens (primary N) is 1. The Balaban J connectivity index is 1.69. The highest BCUT2D eigenvalue weighted by molar-refractivity contribution is 5.76. The minimum Gasteiger partial charge on any atom is -0.341 e. The van der Waals surface area contributed by atoms with Gasteiger partial charge in [-0.05, 0) is 38.8 Å². The molecule has 2 N–H and O–H groups in total. The molecule has 35 heavy (non-hydrogen) atoms. The number of hydrogen-bond acceptors (Lipinski definition) is 8. The summed E-state index contributed by atoms with van der Waals surface area (Å²) < 4.78 is 4.34. The highest BCUT2D eigenvalue weighted by Gasteiger charge is 2.26. The molecule has 1 fully saturated rings. The normalized spacial score (nSPS) is 16.0. The van der Waals surface area contributed by atoms with Gasteiger partial charge in [-0.1, -0.05) is 5.92 Å². The summed E-state index contributed by atoms with van der Waals surface area (Å²) in [6.45, 7) is 5.19. The summed E-state index contributed by atoms with van der Waals surface area (Å²) in [6.07, 6.45) is 3.55. The largest absolute Gasteiger partial charge is 0.341 e. The third kappa shape index (κ3) is 3.95. The van der Waals surface area contributed by atoms with E-state index in [2.05, 4.69) is 31.7 Å². The van der Waals surface area contributed by atoms with Crippen molar-refractivity contribution in [3.05, 3.63) is 50.7 Å². The number of hydrogen-bond donors (Lipinski definition) is 1. The molecular formula is C24H27N9O2. The van der Waals surface area contributed by atoms with E-state index in [1.54, 1.807) is 30.8 Å². The molecular weight excluding hydrogens is 446 g/mol. The van der Waals surface area contributed by atoms with Crippen LogP contribution < -0.4 is 21.9 Å². The third-order valence-electron chi connectivity index (χ3n) is 6.34. The van der Waals surface area contributed by atoms with Gasteiger partial charge in [0, 0.05) is 32.4 Å². The SMILES string of the molecule is CC#CCn1c(N2CCC[C@@H](N)C2)nc2c1c(=O)n(Cc1nc(C)c3ncccc3n1)c(=O)n2C. The first-order chi connectivity index (χ1) is 16.9. The number of imidazole rings is 1. The number of aryl methyl sites for hydroxylation is 2. The number of fused-ring (bicyclic) bond motifs is 2. The molecule has 0 bridgehead atoms. The molecule has 5 rings (SSSR count). The molecule has 180 valence electrons. The van der Waals surface area contributed by atoms with E-state index in [9.17, 15) is 9.59 Å². The summed E-state index contributed by atoms with van der Waals surface area (Å²) in [5, 5.41) is 0. The third-order valence-corrected chi connectivity index (χ3v) is 6.34. The first kappa shape index (κ1) is 22.7. The predicted octanol–water partition coefficient (Wildman–Crippen LogP) is 0.542. The lowest BCUT2D eigenvalue weighted by molar-refractivity contribution is 0.496. The minimum absolute atomic E-state index is 0.0255. The number of anilines is 1. The van der Waals surface area contributed by atoms with E-state index in [1.165, 1.54) is 4.57 Å². The van der Waals surface area contributed by atoms with Crippen molar-refractivity contribution in [1.82, 2.24) is 33.6 Å². The second-order valence-corrected chi connectivity index (χ2v) is 8.77. The Morgan fingerprint density at radius 1 is 1.20 bits per heavy atom. The van der Waals surface area contributed by atoms with Gasteiger partial charge in [0.05, 0.1) is 24.3 Å². The Bertz CT molecular complexity index is 1620. The molecule has 0 aromatic carbocycles. The average Bonchev–Trinajstić information content (AvgIpc) is 3.24. The maximum atomic E-state index is 13.7. The second-order valence-electron chi connectivity index (χ2n) is 8.77.